The molecule has 0 aromatic heterocycles. The summed E-state index contributed by atoms with van der Waals surface area (Å²) in [6.07, 6.45) is 0. The highest BCUT2D eigenvalue weighted by molar-refractivity contribution is 6.32. The van der Waals surface area contributed by atoms with Crippen LogP contribution in [0.2, 0.25) is 5.02 Å². The van der Waals surface area contributed by atoms with E-state index in [1.165, 1.54) is 0 Å². The minimum Gasteiger partial charge on any atom is -0.454 e. The quantitative estimate of drug-likeness (QED) is 0.862. The molecule has 1 aliphatic heterocycles. The third kappa shape index (κ3) is 3.11. The van der Waals surface area contributed by atoms with Crippen molar-refractivity contribution in [2.45, 2.75) is 26.4 Å². The van der Waals surface area contributed by atoms with E-state index in [0.717, 1.165) is 5.56 Å². The van der Waals surface area contributed by atoms with Crippen molar-refractivity contribution in [3.8, 4) is 11.5 Å². The van der Waals surface area contributed by atoms with E-state index in [1.54, 1.807) is 6.07 Å². The number of hydrogen-bond acceptors (Lipinski definition) is 4. The van der Waals surface area contributed by atoms with Crippen molar-refractivity contribution in [2.75, 3.05) is 6.79 Å². The van der Waals surface area contributed by atoms with Gasteiger partial charge in [-0.2, -0.15) is 0 Å². The molecule has 1 aliphatic rings. The SMILES string of the molecule is CC(C)C(NCc1cc(Cl)c2c(c1)OCO2)C(N)=O. The number of carbonyl (C=O) groups is 1. The molecule has 1 heterocycles. The van der Waals surface area contributed by atoms with Gasteiger partial charge in [0.25, 0.3) is 0 Å². The maximum atomic E-state index is 11.3. The van der Waals surface area contributed by atoms with Crippen molar-refractivity contribution in [3.63, 3.8) is 0 Å². The molecule has 1 atom stereocenters. The third-order valence-corrected chi connectivity index (χ3v) is 3.27. The predicted molar refractivity (Wildman–Crippen MR) is 72.2 cm³/mol. The highest BCUT2D eigenvalue weighted by Gasteiger charge is 2.21. The number of nitrogens with one attached hydrogen (secondary N) is 1. The largest absolute Gasteiger partial charge is 0.454 e. The van der Waals surface area contributed by atoms with Gasteiger partial charge in [-0.05, 0) is 23.6 Å². The molecule has 2 rings (SSSR count). The van der Waals surface area contributed by atoms with E-state index in [-0.39, 0.29) is 24.7 Å². The molecule has 0 aliphatic carbocycles. The summed E-state index contributed by atoms with van der Waals surface area (Å²) >= 11 is 6.09. The smallest absolute Gasteiger partial charge is 0.234 e. The molecular formula is C13H17ClN2O3. The van der Waals surface area contributed by atoms with Crippen LogP contribution in [-0.2, 0) is 11.3 Å². The average molecular weight is 285 g/mol. The second kappa shape index (κ2) is 5.67. The van der Waals surface area contributed by atoms with Crippen LogP contribution in [0.4, 0.5) is 0 Å². The minimum atomic E-state index is -0.371. The first-order chi connectivity index (χ1) is 8.99. The zero-order chi connectivity index (χ0) is 14.0. The number of ether oxygens (including phenoxy) is 2. The van der Waals surface area contributed by atoms with E-state index < -0.39 is 0 Å². The Kier molecular flexibility index (Phi) is 4.17. The van der Waals surface area contributed by atoms with Gasteiger partial charge in [0.2, 0.25) is 12.7 Å². The predicted octanol–water partition coefficient (Wildman–Crippen LogP) is 1.67. The van der Waals surface area contributed by atoms with Crippen LogP contribution in [0.1, 0.15) is 19.4 Å². The van der Waals surface area contributed by atoms with Crippen LogP contribution in [0.3, 0.4) is 0 Å². The number of fused-ring (bicyclic) bond motifs is 1. The van der Waals surface area contributed by atoms with Gasteiger partial charge in [-0.1, -0.05) is 25.4 Å². The highest BCUT2D eigenvalue weighted by atomic mass is 35.5. The Morgan fingerprint density at radius 1 is 1.47 bits per heavy atom. The van der Waals surface area contributed by atoms with Gasteiger partial charge in [0.15, 0.2) is 11.5 Å². The van der Waals surface area contributed by atoms with Crippen molar-refractivity contribution in [1.82, 2.24) is 5.32 Å². The van der Waals surface area contributed by atoms with E-state index in [0.29, 0.717) is 23.1 Å². The van der Waals surface area contributed by atoms with Gasteiger partial charge in [0.1, 0.15) is 0 Å². The summed E-state index contributed by atoms with van der Waals surface area (Å²) in [5, 5.41) is 3.63. The first-order valence-corrected chi connectivity index (χ1v) is 6.47. The number of rotatable bonds is 5. The van der Waals surface area contributed by atoms with Gasteiger partial charge in [-0.25, -0.2) is 0 Å². The number of benzene rings is 1. The van der Waals surface area contributed by atoms with Crippen LogP contribution in [0.5, 0.6) is 11.5 Å². The van der Waals surface area contributed by atoms with Crippen LogP contribution in [0.25, 0.3) is 0 Å². The maximum Gasteiger partial charge on any atom is 0.234 e. The number of carbonyl (C=O) groups excluding carboxylic acids is 1. The Bertz CT molecular complexity index is 491. The van der Waals surface area contributed by atoms with Crippen molar-refractivity contribution >= 4 is 17.5 Å². The molecule has 3 N–H and O–H groups in total. The number of primary amides is 1. The van der Waals surface area contributed by atoms with Gasteiger partial charge in [0.05, 0.1) is 11.1 Å². The third-order valence-electron chi connectivity index (χ3n) is 2.99. The summed E-state index contributed by atoms with van der Waals surface area (Å²) in [5.74, 6) is 0.967. The van der Waals surface area contributed by atoms with Crippen molar-refractivity contribution in [3.05, 3.63) is 22.7 Å². The average Bonchev–Trinajstić information content (AvgIpc) is 2.76. The van der Waals surface area contributed by atoms with Crippen LogP contribution >= 0.6 is 11.6 Å². The number of hydrogen-bond donors (Lipinski definition) is 2. The molecule has 5 nitrogen and oxygen atoms in total. The molecule has 0 spiro atoms. The van der Waals surface area contributed by atoms with E-state index in [9.17, 15) is 4.79 Å². The van der Waals surface area contributed by atoms with Crippen LogP contribution in [0, 0.1) is 5.92 Å². The van der Waals surface area contributed by atoms with Gasteiger partial charge in [0, 0.05) is 6.54 Å². The lowest BCUT2D eigenvalue weighted by Crippen LogP contribution is -2.44. The van der Waals surface area contributed by atoms with Crippen LogP contribution in [-0.4, -0.2) is 18.7 Å². The summed E-state index contributed by atoms with van der Waals surface area (Å²) in [4.78, 5) is 11.3. The molecule has 0 saturated heterocycles. The molecule has 1 aromatic rings. The van der Waals surface area contributed by atoms with E-state index in [4.69, 9.17) is 26.8 Å². The molecule has 19 heavy (non-hydrogen) atoms. The first-order valence-electron chi connectivity index (χ1n) is 6.09. The van der Waals surface area contributed by atoms with E-state index in [2.05, 4.69) is 5.32 Å². The van der Waals surface area contributed by atoms with Gasteiger partial charge in [-0.15, -0.1) is 0 Å². The van der Waals surface area contributed by atoms with Crippen LogP contribution < -0.4 is 20.5 Å². The zero-order valence-electron chi connectivity index (χ0n) is 10.9. The van der Waals surface area contributed by atoms with E-state index >= 15 is 0 Å². The van der Waals surface area contributed by atoms with Gasteiger partial charge < -0.3 is 20.5 Å². The molecule has 0 saturated carbocycles. The minimum absolute atomic E-state index is 0.127. The fourth-order valence-corrected chi connectivity index (χ4v) is 2.30. The number of amides is 1. The summed E-state index contributed by atoms with van der Waals surface area (Å²) in [7, 11) is 0. The lowest BCUT2D eigenvalue weighted by molar-refractivity contribution is -0.121. The monoisotopic (exact) mass is 284 g/mol. The number of nitrogens with two attached hydrogens (primary N) is 1. The van der Waals surface area contributed by atoms with Gasteiger partial charge in [-0.3, -0.25) is 4.79 Å². The molecule has 0 radical (unpaired) electrons. The number of halogens is 1. The van der Waals surface area contributed by atoms with Gasteiger partial charge >= 0.3 is 0 Å². The molecule has 1 aromatic carbocycles. The Morgan fingerprint density at radius 3 is 2.84 bits per heavy atom. The fraction of sp³-hybridized carbons (Fsp3) is 0.462. The Labute approximate surface area is 117 Å². The fourth-order valence-electron chi connectivity index (χ4n) is 2.02. The Balaban J connectivity index is 2.08. The summed E-state index contributed by atoms with van der Waals surface area (Å²) in [6.45, 7) is 4.55. The standard InChI is InChI=1S/C13H17ClN2O3/c1-7(2)11(13(15)17)16-5-8-3-9(14)12-10(4-8)18-6-19-12/h3-4,7,11,16H,5-6H2,1-2H3,(H2,15,17). The molecule has 104 valence electrons. The zero-order valence-corrected chi connectivity index (χ0v) is 11.7. The molecule has 1 amide bonds. The highest BCUT2D eigenvalue weighted by Crippen LogP contribution is 2.39. The van der Waals surface area contributed by atoms with E-state index in [1.807, 2.05) is 19.9 Å². The summed E-state index contributed by atoms with van der Waals surface area (Å²) in [6, 6.07) is 3.27. The summed E-state index contributed by atoms with van der Waals surface area (Å²) in [5.41, 5.74) is 6.27. The second-order valence-corrected chi connectivity index (χ2v) is 5.22. The van der Waals surface area contributed by atoms with Crippen molar-refractivity contribution in [1.29, 1.82) is 0 Å². The Hall–Kier alpha value is -1.46. The lowest BCUT2D eigenvalue weighted by Gasteiger charge is -2.19. The summed E-state index contributed by atoms with van der Waals surface area (Å²) < 4.78 is 10.5. The molecule has 0 bridgehead atoms. The topological polar surface area (TPSA) is 73.6 Å². The van der Waals surface area contributed by atoms with Crippen molar-refractivity contribution in [2.24, 2.45) is 11.7 Å². The molecular weight excluding hydrogens is 268 g/mol. The Morgan fingerprint density at radius 2 is 2.21 bits per heavy atom. The molecule has 0 fully saturated rings. The molecule has 1 unspecified atom stereocenters. The maximum absolute atomic E-state index is 11.3. The van der Waals surface area contributed by atoms with Crippen LogP contribution in [0.15, 0.2) is 12.1 Å². The molecule has 6 heteroatoms. The first kappa shape index (κ1) is 14.0. The lowest BCUT2D eigenvalue weighted by atomic mass is 10.0. The normalized spacial score (nSPS) is 14.7. The second-order valence-electron chi connectivity index (χ2n) is 4.82. The van der Waals surface area contributed by atoms with Crippen molar-refractivity contribution < 1.29 is 14.3 Å².